The highest BCUT2D eigenvalue weighted by molar-refractivity contribution is 14.1. The lowest BCUT2D eigenvalue weighted by molar-refractivity contribution is 0.278. The highest BCUT2D eigenvalue weighted by Crippen LogP contribution is 2.29. The largest absolute Gasteiger partial charge is 0.507 e. The van der Waals surface area contributed by atoms with Crippen LogP contribution < -0.4 is 0 Å². The van der Waals surface area contributed by atoms with Crippen molar-refractivity contribution in [2.45, 2.75) is 6.54 Å². The van der Waals surface area contributed by atoms with Crippen molar-refractivity contribution < 1.29 is 10.2 Å². The SMILES string of the molecule is OCCn1c(-c2ccc(I)c(O)c2)nc2ccccc21. The van der Waals surface area contributed by atoms with Gasteiger partial charge in [0.2, 0.25) is 0 Å². The number of phenols is 1. The second-order valence-corrected chi connectivity index (χ2v) is 5.63. The predicted molar refractivity (Wildman–Crippen MR) is 86.6 cm³/mol. The number of aliphatic hydroxyl groups excluding tert-OH is 1. The van der Waals surface area contributed by atoms with E-state index < -0.39 is 0 Å². The highest BCUT2D eigenvalue weighted by atomic mass is 127. The van der Waals surface area contributed by atoms with Crippen LogP contribution in [0.1, 0.15) is 0 Å². The molecule has 3 aromatic rings. The average molecular weight is 380 g/mol. The summed E-state index contributed by atoms with van der Waals surface area (Å²) in [7, 11) is 0. The van der Waals surface area contributed by atoms with Gasteiger partial charge in [-0.15, -0.1) is 0 Å². The zero-order valence-electron chi connectivity index (χ0n) is 10.6. The van der Waals surface area contributed by atoms with E-state index in [1.165, 1.54) is 0 Å². The van der Waals surface area contributed by atoms with Crippen molar-refractivity contribution in [1.29, 1.82) is 0 Å². The van der Waals surface area contributed by atoms with Crippen LogP contribution in [0.4, 0.5) is 0 Å². The number of para-hydroxylation sites is 2. The van der Waals surface area contributed by atoms with Crippen molar-refractivity contribution in [3.8, 4) is 17.1 Å². The molecular weight excluding hydrogens is 367 g/mol. The van der Waals surface area contributed by atoms with Gasteiger partial charge in [0, 0.05) is 12.1 Å². The molecule has 0 radical (unpaired) electrons. The Balaban J connectivity index is 2.23. The summed E-state index contributed by atoms with van der Waals surface area (Å²) in [6, 6.07) is 13.3. The van der Waals surface area contributed by atoms with E-state index in [0.717, 1.165) is 26.0 Å². The lowest BCUT2D eigenvalue weighted by atomic mass is 10.2. The van der Waals surface area contributed by atoms with Gasteiger partial charge in [0.05, 0.1) is 21.2 Å². The van der Waals surface area contributed by atoms with Gasteiger partial charge in [0.25, 0.3) is 0 Å². The van der Waals surface area contributed by atoms with Crippen molar-refractivity contribution in [3.63, 3.8) is 0 Å². The van der Waals surface area contributed by atoms with Crippen LogP contribution >= 0.6 is 22.6 Å². The third-order valence-electron chi connectivity index (χ3n) is 3.18. The Morgan fingerprint density at radius 1 is 1.15 bits per heavy atom. The smallest absolute Gasteiger partial charge is 0.141 e. The molecule has 0 bridgehead atoms. The van der Waals surface area contributed by atoms with Crippen LogP contribution in [-0.4, -0.2) is 26.4 Å². The van der Waals surface area contributed by atoms with Crippen LogP contribution in [0.15, 0.2) is 42.5 Å². The van der Waals surface area contributed by atoms with Gasteiger partial charge in [-0.3, -0.25) is 0 Å². The molecule has 2 aromatic carbocycles. The number of aromatic hydroxyl groups is 1. The van der Waals surface area contributed by atoms with Gasteiger partial charge in [-0.2, -0.15) is 0 Å². The van der Waals surface area contributed by atoms with Crippen LogP contribution in [-0.2, 0) is 6.54 Å². The average Bonchev–Trinajstić information content (AvgIpc) is 2.82. The molecule has 0 spiro atoms. The van der Waals surface area contributed by atoms with Gasteiger partial charge in [-0.1, -0.05) is 12.1 Å². The molecule has 5 heteroatoms. The highest BCUT2D eigenvalue weighted by Gasteiger charge is 2.13. The Bertz CT molecular complexity index is 768. The maximum absolute atomic E-state index is 9.86. The number of hydrogen-bond donors (Lipinski definition) is 2. The molecule has 0 amide bonds. The van der Waals surface area contributed by atoms with E-state index in [9.17, 15) is 10.2 Å². The molecular formula is C15H13IN2O2. The van der Waals surface area contributed by atoms with Crippen molar-refractivity contribution in [3.05, 3.63) is 46.0 Å². The zero-order chi connectivity index (χ0) is 14.1. The number of halogens is 1. The molecule has 0 saturated heterocycles. The lowest BCUT2D eigenvalue weighted by Crippen LogP contribution is -2.04. The van der Waals surface area contributed by atoms with Gasteiger partial charge in [-0.25, -0.2) is 4.98 Å². The monoisotopic (exact) mass is 380 g/mol. The van der Waals surface area contributed by atoms with E-state index in [0.29, 0.717) is 6.54 Å². The molecule has 0 fully saturated rings. The second kappa shape index (κ2) is 5.41. The molecule has 102 valence electrons. The van der Waals surface area contributed by atoms with Crippen LogP contribution in [0.3, 0.4) is 0 Å². The van der Waals surface area contributed by atoms with E-state index in [1.807, 2.05) is 41.0 Å². The molecule has 0 saturated carbocycles. The Kier molecular flexibility index (Phi) is 3.62. The summed E-state index contributed by atoms with van der Waals surface area (Å²) >= 11 is 2.08. The Labute approximate surface area is 129 Å². The first-order valence-electron chi connectivity index (χ1n) is 6.25. The zero-order valence-corrected chi connectivity index (χ0v) is 12.8. The molecule has 0 aliphatic carbocycles. The van der Waals surface area contributed by atoms with Gasteiger partial charge in [-0.05, 0) is 52.9 Å². The molecule has 0 unspecified atom stereocenters. The first-order valence-corrected chi connectivity index (χ1v) is 7.33. The second-order valence-electron chi connectivity index (χ2n) is 4.47. The quantitative estimate of drug-likeness (QED) is 0.687. The van der Waals surface area contributed by atoms with Gasteiger partial charge >= 0.3 is 0 Å². The summed E-state index contributed by atoms with van der Waals surface area (Å²) in [4.78, 5) is 4.61. The lowest BCUT2D eigenvalue weighted by Gasteiger charge is -2.08. The summed E-state index contributed by atoms with van der Waals surface area (Å²) < 4.78 is 2.77. The number of fused-ring (bicyclic) bond motifs is 1. The molecule has 20 heavy (non-hydrogen) atoms. The summed E-state index contributed by atoms with van der Waals surface area (Å²) in [5.74, 6) is 0.998. The number of nitrogens with zero attached hydrogens (tertiary/aromatic N) is 2. The van der Waals surface area contributed by atoms with Gasteiger partial charge < -0.3 is 14.8 Å². The minimum atomic E-state index is 0.0453. The summed E-state index contributed by atoms with van der Waals surface area (Å²) in [6.07, 6.45) is 0. The van der Waals surface area contributed by atoms with E-state index in [4.69, 9.17) is 0 Å². The summed E-state index contributed by atoms with van der Waals surface area (Å²) in [5, 5.41) is 19.1. The van der Waals surface area contributed by atoms with Crippen LogP contribution in [0.5, 0.6) is 5.75 Å². The number of rotatable bonds is 3. The summed E-state index contributed by atoms with van der Waals surface area (Å²) in [6.45, 7) is 0.520. The van der Waals surface area contributed by atoms with Crippen LogP contribution in [0.2, 0.25) is 0 Å². The first kappa shape index (κ1) is 13.4. The van der Waals surface area contributed by atoms with Crippen molar-refractivity contribution in [2.75, 3.05) is 6.61 Å². The van der Waals surface area contributed by atoms with Crippen molar-refractivity contribution in [1.82, 2.24) is 9.55 Å². The molecule has 0 aliphatic heterocycles. The maximum Gasteiger partial charge on any atom is 0.141 e. The molecule has 0 aliphatic rings. The molecule has 1 heterocycles. The third-order valence-corrected chi connectivity index (χ3v) is 4.09. The molecule has 0 atom stereocenters. The topological polar surface area (TPSA) is 58.3 Å². The van der Waals surface area contributed by atoms with Crippen LogP contribution in [0.25, 0.3) is 22.4 Å². The minimum absolute atomic E-state index is 0.0453. The van der Waals surface area contributed by atoms with E-state index in [2.05, 4.69) is 27.6 Å². The van der Waals surface area contributed by atoms with E-state index >= 15 is 0 Å². The number of hydrogen-bond acceptors (Lipinski definition) is 3. The number of aliphatic hydroxyl groups is 1. The standard InChI is InChI=1S/C15H13IN2O2/c16-11-6-5-10(9-14(11)20)15-17-12-3-1-2-4-13(12)18(15)7-8-19/h1-6,9,19-20H,7-8H2. The number of imidazole rings is 1. The fraction of sp³-hybridized carbons (Fsp3) is 0.133. The number of aromatic nitrogens is 2. The van der Waals surface area contributed by atoms with E-state index in [1.54, 1.807) is 6.07 Å². The van der Waals surface area contributed by atoms with Crippen molar-refractivity contribution >= 4 is 33.6 Å². The normalized spacial score (nSPS) is 11.1. The fourth-order valence-electron chi connectivity index (χ4n) is 2.27. The number of phenolic OH excluding ortho intramolecular Hbond substituents is 1. The molecule has 4 nitrogen and oxygen atoms in total. The van der Waals surface area contributed by atoms with E-state index in [-0.39, 0.29) is 12.4 Å². The third kappa shape index (κ3) is 2.27. The summed E-state index contributed by atoms with van der Waals surface area (Å²) in [5.41, 5.74) is 2.70. The Morgan fingerprint density at radius 2 is 1.95 bits per heavy atom. The van der Waals surface area contributed by atoms with Gasteiger partial charge in [0.15, 0.2) is 0 Å². The fourth-order valence-corrected chi connectivity index (χ4v) is 2.61. The molecule has 1 aromatic heterocycles. The molecule has 3 rings (SSSR count). The Hall–Kier alpha value is -1.60. The first-order chi connectivity index (χ1) is 9.70. The number of benzene rings is 2. The maximum atomic E-state index is 9.86. The van der Waals surface area contributed by atoms with Crippen LogP contribution in [0, 0.1) is 3.57 Å². The molecule has 2 N–H and O–H groups in total. The van der Waals surface area contributed by atoms with Crippen molar-refractivity contribution in [2.24, 2.45) is 0 Å². The van der Waals surface area contributed by atoms with Gasteiger partial charge in [0.1, 0.15) is 11.6 Å². The predicted octanol–water partition coefficient (Wildman–Crippen LogP) is 3.01. The minimum Gasteiger partial charge on any atom is -0.507 e. The Morgan fingerprint density at radius 3 is 2.70 bits per heavy atom.